The summed E-state index contributed by atoms with van der Waals surface area (Å²) in [5.74, 6) is -0.600. The molecule has 27 heavy (non-hydrogen) atoms. The highest BCUT2D eigenvalue weighted by Gasteiger charge is 2.22. The molecule has 1 aromatic carbocycles. The molecule has 2 heterocycles. The first kappa shape index (κ1) is 19.3. The van der Waals surface area contributed by atoms with Crippen molar-refractivity contribution in [2.45, 2.75) is 24.6 Å². The maximum atomic E-state index is 12.4. The highest BCUT2D eigenvalue weighted by molar-refractivity contribution is 8.00. The van der Waals surface area contributed by atoms with Crippen molar-refractivity contribution in [2.75, 3.05) is 12.8 Å². The molecule has 2 aromatic heterocycles. The summed E-state index contributed by atoms with van der Waals surface area (Å²) < 4.78 is 5.29. The van der Waals surface area contributed by atoms with E-state index in [1.165, 1.54) is 29.4 Å². The maximum absolute atomic E-state index is 12.4. The van der Waals surface area contributed by atoms with Gasteiger partial charge in [-0.2, -0.15) is 0 Å². The Kier molecular flexibility index (Phi) is 6.41. The molecule has 0 N–H and O–H groups in total. The number of likely N-dealkylation sites (N-methyl/N-ethyl adjacent to an activating group) is 1. The molecule has 0 aliphatic heterocycles. The quantitative estimate of drug-likeness (QED) is 0.343. The van der Waals surface area contributed by atoms with Crippen LogP contribution in [0.15, 0.2) is 53.1 Å². The Morgan fingerprint density at radius 2 is 2.00 bits per heavy atom. The summed E-state index contributed by atoms with van der Waals surface area (Å²) in [6, 6.07) is 11.6. The number of carbonyl (C=O) groups excluding carboxylic acids is 2. The van der Waals surface area contributed by atoms with E-state index in [1.54, 1.807) is 18.9 Å². The second-order valence-electron chi connectivity index (χ2n) is 5.92. The average Bonchev–Trinajstić information content (AvgIpc) is 3.15. The molecule has 6 nitrogen and oxygen atoms in total. The Balaban J connectivity index is 1.51. The predicted molar refractivity (Wildman–Crippen MR) is 107 cm³/mol. The van der Waals surface area contributed by atoms with Crippen LogP contribution in [-0.2, 0) is 20.9 Å². The summed E-state index contributed by atoms with van der Waals surface area (Å²) >= 11 is 2.81. The topological polar surface area (TPSA) is 72.4 Å². The number of esters is 1. The summed E-state index contributed by atoms with van der Waals surface area (Å²) in [6.07, 6.45) is 0.648. The zero-order valence-electron chi connectivity index (χ0n) is 15.0. The van der Waals surface area contributed by atoms with Crippen LogP contribution in [0.5, 0.6) is 0 Å². The normalized spacial score (nSPS) is 11.9. The highest BCUT2D eigenvalue weighted by Crippen LogP contribution is 2.27. The zero-order valence-corrected chi connectivity index (χ0v) is 16.6. The minimum Gasteiger partial charge on any atom is -0.452 e. The van der Waals surface area contributed by atoms with E-state index in [9.17, 15) is 9.59 Å². The lowest BCUT2D eigenvalue weighted by atomic mass is 10.2. The van der Waals surface area contributed by atoms with Gasteiger partial charge in [0.2, 0.25) is 0 Å². The van der Waals surface area contributed by atoms with E-state index in [2.05, 4.69) is 9.97 Å². The molecule has 0 fully saturated rings. The van der Waals surface area contributed by atoms with Crippen LogP contribution in [-0.4, -0.2) is 45.6 Å². The van der Waals surface area contributed by atoms with Gasteiger partial charge in [-0.25, -0.2) is 9.97 Å². The summed E-state index contributed by atoms with van der Waals surface area (Å²) in [5.41, 5.74) is 1.02. The molecule has 0 aliphatic carbocycles. The molecule has 0 bridgehead atoms. The number of benzene rings is 1. The van der Waals surface area contributed by atoms with E-state index in [4.69, 9.17) is 4.74 Å². The molecule has 8 heteroatoms. The van der Waals surface area contributed by atoms with Gasteiger partial charge >= 0.3 is 5.97 Å². The SMILES string of the molecule is C[C@@H](OC(=O)CSc1ncnc2sccc12)C(=O)N(C)Cc1ccccc1. The molecular weight excluding hydrogens is 382 g/mol. The van der Waals surface area contributed by atoms with Crippen molar-refractivity contribution in [2.24, 2.45) is 0 Å². The lowest BCUT2D eigenvalue weighted by molar-refractivity contribution is -0.156. The van der Waals surface area contributed by atoms with Crippen LogP contribution in [0.2, 0.25) is 0 Å². The fourth-order valence-corrected chi connectivity index (χ4v) is 4.10. The van der Waals surface area contributed by atoms with Gasteiger partial charge in [-0.05, 0) is 23.9 Å². The van der Waals surface area contributed by atoms with Crippen LogP contribution in [0, 0.1) is 0 Å². The van der Waals surface area contributed by atoms with Gasteiger partial charge in [0, 0.05) is 19.0 Å². The number of nitrogens with zero attached hydrogens (tertiary/aromatic N) is 3. The van der Waals surface area contributed by atoms with Gasteiger partial charge in [-0.15, -0.1) is 11.3 Å². The molecule has 0 aliphatic rings. The number of carbonyl (C=O) groups is 2. The molecule has 1 atom stereocenters. The number of aromatic nitrogens is 2. The molecule has 140 valence electrons. The van der Waals surface area contributed by atoms with Crippen molar-refractivity contribution < 1.29 is 14.3 Å². The van der Waals surface area contributed by atoms with Crippen molar-refractivity contribution in [3.8, 4) is 0 Å². The maximum Gasteiger partial charge on any atom is 0.317 e. The van der Waals surface area contributed by atoms with Crippen molar-refractivity contribution >= 4 is 45.2 Å². The number of hydrogen-bond acceptors (Lipinski definition) is 7. The van der Waals surface area contributed by atoms with E-state index in [1.807, 2.05) is 41.8 Å². The number of fused-ring (bicyclic) bond motifs is 1. The first-order valence-corrected chi connectivity index (χ1v) is 10.2. The summed E-state index contributed by atoms with van der Waals surface area (Å²) in [4.78, 5) is 35.4. The largest absolute Gasteiger partial charge is 0.452 e. The van der Waals surface area contributed by atoms with E-state index in [0.717, 1.165) is 20.8 Å². The van der Waals surface area contributed by atoms with Crippen molar-refractivity contribution in [3.05, 3.63) is 53.7 Å². The van der Waals surface area contributed by atoms with Gasteiger partial charge < -0.3 is 9.64 Å². The third-order valence-electron chi connectivity index (χ3n) is 3.85. The lowest BCUT2D eigenvalue weighted by Gasteiger charge is -2.21. The molecule has 0 radical (unpaired) electrons. The van der Waals surface area contributed by atoms with Crippen LogP contribution in [0.4, 0.5) is 0 Å². The zero-order chi connectivity index (χ0) is 19.2. The van der Waals surface area contributed by atoms with Crippen LogP contribution in [0.3, 0.4) is 0 Å². The van der Waals surface area contributed by atoms with Crippen molar-refractivity contribution in [3.63, 3.8) is 0 Å². The van der Waals surface area contributed by atoms with Crippen LogP contribution >= 0.6 is 23.1 Å². The minimum atomic E-state index is -0.835. The van der Waals surface area contributed by atoms with Crippen molar-refractivity contribution in [1.29, 1.82) is 0 Å². The Hall–Kier alpha value is -2.45. The van der Waals surface area contributed by atoms with E-state index >= 15 is 0 Å². The van der Waals surface area contributed by atoms with E-state index in [0.29, 0.717) is 6.54 Å². The molecule has 0 spiro atoms. The number of ether oxygens (including phenoxy) is 1. The smallest absolute Gasteiger partial charge is 0.317 e. The fraction of sp³-hybridized carbons (Fsp3) is 0.263. The number of hydrogen-bond donors (Lipinski definition) is 0. The van der Waals surface area contributed by atoms with E-state index < -0.39 is 12.1 Å². The molecule has 0 saturated carbocycles. The lowest BCUT2D eigenvalue weighted by Crippen LogP contribution is -2.37. The molecule has 3 rings (SSSR count). The second-order valence-corrected chi connectivity index (χ2v) is 7.78. The summed E-state index contributed by atoms with van der Waals surface area (Å²) in [5, 5.41) is 3.59. The Morgan fingerprint density at radius 1 is 1.22 bits per heavy atom. The molecule has 0 saturated heterocycles. The van der Waals surface area contributed by atoms with Crippen LogP contribution in [0.1, 0.15) is 12.5 Å². The average molecular weight is 402 g/mol. The minimum absolute atomic E-state index is 0.0853. The Bertz CT molecular complexity index is 930. The standard InChI is InChI=1S/C19H19N3O3S2/c1-13(19(24)22(2)10-14-6-4-3-5-7-14)25-16(23)11-27-18-15-8-9-26-17(15)20-12-21-18/h3-9,12-13H,10-11H2,1-2H3/t13-/m1/s1. The van der Waals surface area contributed by atoms with Crippen LogP contribution < -0.4 is 0 Å². The van der Waals surface area contributed by atoms with Gasteiger partial charge in [0.05, 0.1) is 5.75 Å². The second kappa shape index (κ2) is 8.96. The summed E-state index contributed by atoms with van der Waals surface area (Å²) in [6.45, 7) is 2.06. The Labute approximate surface area is 165 Å². The highest BCUT2D eigenvalue weighted by atomic mass is 32.2. The molecular formula is C19H19N3O3S2. The predicted octanol–water partition coefficient (Wildman–Crippen LogP) is 3.37. The third kappa shape index (κ3) is 5.05. The fourth-order valence-electron chi connectivity index (χ4n) is 2.54. The first-order chi connectivity index (χ1) is 13.0. The number of amides is 1. The van der Waals surface area contributed by atoms with Gasteiger partial charge in [0.1, 0.15) is 16.2 Å². The molecule has 3 aromatic rings. The number of thiophene rings is 1. The third-order valence-corrected chi connectivity index (χ3v) is 5.65. The summed E-state index contributed by atoms with van der Waals surface area (Å²) in [7, 11) is 1.70. The van der Waals surface area contributed by atoms with Gasteiger partial charge in [0.15, 0.2) is 6.10 Å². The van der Waals surface area contributed by atoms with E-state index in [-0.39, 0.29) is 11.7 Å². The Morgan fingerprint density at radius 3 is 2.78 bits per heavy atom. The first-order valence-electron chi connectivity index (χ1n) is 8.34. The van der Waals surface area contributed by atoms with Gasteiger partial charge in [-0.3, -0.25) is 9.59 Å². The van der Waals surface area contributed by atoms with Crippen LogP contribution in [0.25, 0.3) is 10.2 Å². The molecule has 1 amide bonds. The number of thioether (sulfide) groups is 1. The monoisotopic (exact) mass is 401 g/mol. The van der Waals surface area contributed by atoms with Gasteiger partial charge in [0.25, 0.3) is 5.91 Å². The number of rotatable bonds is 7. The molecule has 0 unspecified atom stereocenters. The van der Waals surface area contributed by atoms with Gasteiger partial charge in [-0.1, -0.05) is 42.1 Å². The van der Waals surface area contributed by atoms with Crippen molar-refractivity contribution in [1.82, 2.24) is 14.9 Å².